The number of aryl methyl sites for hydroxylation is 1. The van der Waals surface area contributed by atoms with Gasteiger partial charge in [-0.25, -0.2) is 0 Å². The molecule has 0 aromatic heterocycles. The van der Waals surface area contributed by atoms with Gasteiger partial charge >= 0.3 is 0 Å². The van der Waals surface area contributed by atoms with Gasteiger partial charge in [0.25, 0.3) is 0 Å². The van der Waals surface area contributed by atoms with Crippen LogP contribution in [0, 0.1) is 12.8 Å². The molecule has 0 saturated heterocycles. The van der Waals surface area contributed by atoms with Gasteiger partial charge in [-0.1, -0.05) is 36.8 Å². The monoisotopic (exact) mass is 221 g/mol. The number of benzene rings is 1. The van der Waals surface area contributed by atoms with E-state index < -0.39 is 0 Å². The Hall–Kier alpha value is -0.860. The van der Waals surface area contributed by atoms with Crippen LogP contribution in [0.4, 0.5) is 0 Å². The van der Waals surface area contributed by atoms with Gasteiger partial charge in [-0.2, -0.15) is 0 Å². The molecule has 1 aromatic rings. The van der Waals surface area contributed by atoms with Gasteiger partial charge in [0, 0.05) is 19.8 Å². The van der Waals surface area contributed by atoms with E-state index in [2.05, 4.69) is 43.4 Å². The highest BCUT2D eigenvalue weighted by atomic mass is 16.5. The van der Waals surface area contributed by atoms with E-state index >= 15 is 0 Å². The number of nitrogens with one attached hydrogen (secondary N) is 1. The van der Waals surface area contributed by atoms with Crippen molar-refractivity contribution in [2.24, 2.45) is 5.92 Å². The van der Waals surface area contributed by atoms with Crippen LogP contribution in [-0.4, -0.2) is 20.8 Å². The third-order valence-corrected chi connectivity index (χ3v) is 3.06. The molecular weight excluding hydrogens is 198 g/mol. The molecule has 0 amide bonds. The topological polar surface area (TPSA) is 21.3 Å². The van der Waals surface area contributed by atoms with E-state index in [0.29, 0.717) is 12.0 Å². The van der Waals surface area contributed by atoms with Crippen LogP contribution >= 0.6 is 0 Å². The lowest BCUT2D eigenvalue weighted by Gasteiger charge is -2.24. The fraction of sp³-hybridized carbons (Fsp3) is 0.571. The van der Waals surface area contributed by atoms with Gasteiger partial charge in [-0.3, -0.25) is 0 Å². The van der Waals surface area contributed by atoms with Crippen LogP contribution in [0.1, 0.15) is 30.5 Å². The molecule has 2 nitrogen and oxygen atoms in total. The maximum Gasteiger partial charge on any atom is 0.0465 e. The van der Waals surface area contributed by atoms with E-state index in [1.165, 1.54) is 11.1 Å². The van der Waals surface area contributed by atoms with Crippen molar-refractivity contribution in [2.75, 3.05) is 20.8 Å². The van der Waals surface area contributed by atoms with Crippen LogP contribution in [0.5, 0.6) is 0 Å². The van der Waals surface area contributed by atoms with Gasteiger partial charge in [-0.05, 0) is 31.9 Å². The molecule has 0 radical (unpaired) electrons. The van der Waals surface area contributed by atoms with Crippen molar-refractivity contribution in [3.63, 3.8) is 0 Å². The van der Waals surface area contributed by atoms with E-state index in [-0.39, 0.29) is 0 Å². The first-order valence-electron chi connectivity index (χ1n) is 5.91. The predicted octanol–water partition coefficient (Wildman–Crippen LogP) is 2.93. The zero-order chi connectivity index (χ0) is 12.0. The average Bonchev–Trinajstić information content (AvgIpc) is 2.27. The fourth-order valence-corrected chi connectivity index (χ4v) is 2.11. The van der Waals surface area contributed by atoms with Crippen LogP contribution in [0.3, 0.4) is 0 Å². The molecule has 90 valence electrons. The zero-order valence-corrected chi connectivity index (χ0v) is 10.8. The minimum absolute atomic E-state index is 0.412. The molecule has 2 atom stereocenters. The Balaban J connectivity index is 2.73. The highest BCUT2D eigenvalue weighted by Gasteiger charge is 2.16. The Bertz CT molecular complexity index is 311. The molecule has 2 unspecified atom stereocenters. The number of hydrogen-bond donors (Lipinski definition) is 1. The maximum absolute atomic E-state index is 5.14. The second-order valence-corrected chi connectivity index (χ2v) is 4.44. The zero-order valence-electron chi connectivity index (χ0n) is 10.8. The van der Waals surface area contributed by atoms with Crippen molar-refractivity contribution < 1.29 is 4.74 Å². The lowest BCUT2D eigenvalue weighted by molar-refractivity contribution is 0.171. The molecule has 0 aliphatic heterocycles. The standard InChI is InChI=1S/C14H23NO/c1-11-6-5-7-13(10-11)14(15-3)12(2)8-9-16-4/h5-7,10,12,14-15H,8-9H2,1-4H3. The van der Waals surface area contributed by atoms with E-state index in [1.807, 2.05) is 7.05 Å². The second kappa shape index (κ2) is 6.66. The molecule has 0 heterocycles. The first-order chi connectivity index (χ1) is 7.69. The number of hydrogen-bond acceptors (Lipinski definition) is 2. The van der Waals surface area contributed by atoms with Crippen molar-refractivity contribution >= 4 is 0 Å². The molecule has 0 spiro atoms. The van der Waals surface area contributed by atoms with Crippen molar-refractivity contribution in [3.8, 4) is 0 Å². The van der Waals surface area contributed by atoms with E-state index in [1.54, 1.807) is 7.11 Å². The van der Waals surface area contributed by atoms with Crippen LogP contribution < -0.4 is 5.32 Å². The van der Waals surface area contributed by atoms with E-state index in [0.717, 1.165) is 13.0 Å². The lowest BCUT2D eigenvalue weighted by Crippen LogP contribution is -2.24. The molecule has 1 N–H and O–H groups in total. The summed E-state index contributed by atoms with van der Waals surface area (Å²) in [5.41, 5.74) is 2.68. The van der Waals surface area contributed by atoms with Crippen molar-refractivity contribution in [1.29, 1.82) is 0 Å². The largest absolute Gasteiger partial charge is 0.385 e. The first-order valence-corrected chi connectivity index (χ1v) is 5.91. The second-order valence-electron chi connectivity index (χ2n) is 4.44. The molecule has 2 heteroatoms. The summed E-state index contributed by atoms with van der Waals surface area (Å²) >= 11 is 0. The molecule has 0 aliphatic carbocycles. The lowest BCUT2D eigenvalue weighted by atomic mass is 9.91. The smallest absolute Gasteiger partial charge is 0.0465 e. The average molecular weight is 221 g/mol. The summed E-state index contributed by atoms with van der Waals surface area (Å²) < 4.78 is 5.14. The highest BCUT2D eigenvalue weighted by molar-refractivity contribution is 5.25. The molecule has 16 heavy (non-hydrogen) atoms. The molecule has 0 bridgehead atoms. The Labute approximate surface area is 99.0 Å². The van der Waals surface area contributed by atoms with Crippen molar-refractivity contribution in [1.82, 2.24) is 5.32 Å². The van der Waals surface area contributed by atoms with Crippen LogP contribution in [-0.2, 0) is 4.74 Å². The van der Waals surface area contributed by atoms with Gasteiger partial charge in [0.2, 0.25) is 0 Å². The number of methoxy groups -OCH3 is 1. The molecule has 0 saturated carbocycles. The van der Waals surface area contributed by atoms with Crippen LogP contribution in [0.25, 0.3) is 0 Å². The third-order valence-electron chi connectivity index (χ3n) is 3.06. The maximum atomic E-state index is 5.14. The summed E-state index contributed by atoms with van der Waals surface area (Å²) in [5, 5.41) is 3.40. The number of ether oxygens (including phenoxy) is 1. The van der Waals surface area contributed by atoms with Gasteiger partial charge in [0.05, 0.1) is 0 Å². The summed E-state index contributed by atoms with van der Waals surface area (Å²) in [7, 11) is 3.78. The van der Waals surface area contributed by atoms with E-state index in [9.17, 15) is 0 Å². The van der Waals surface area contributed by atoms with Crippen LogP contribution in [0.15, 0.2) is 24.3 Å². The number of rotatable bonds is 6. The van der Waals surface area contributed by atoms with Gasteiger partial charge < -0.3 is 10.1 Å². The fourth-order valence-electron chi connectivity index (χ4n) is 2.11. The molecular formula is C14H23NO. The normalized spacial score (nSPS) is 14.8. The van der Waals surface area contributed by atoms with Gasteiger partial charge in [0.1, 0.15) is 0 Å². The van der Waals surface area contributed by atoms with Gasteiger partial charge in [0.15, 0.2) is 0 Å². The summed E-state index contributed by atoms with van der Waals surface area (Å²) in [6, 6.07) is 9.12. The van der Waals surface area contributed by atoms with Crippen molar-refractivity contribution in [2.45, 2.75) is 26.3 Å². The minimum Gasteiger partial charge on any atom is -0.385 e. The van der Waals surface area contributed by atoms with Crippen molar-refractivity contribution in [3.05, 3.63) is 35.4 Å². The van der Waals surface area contributed by atoms with E-state index in [4.69, 9.17) is 4.74 Å². The summed E-state index contributed by atoms with van der Waals surface area (Å²) in [6.45, 7) is 5.23. The summed E-state index contributed by atoms with van der Waals surface area (Å²) in [4.78, 5) is 0. The first kappa shape index (κ1) is 13.2. The Morgan fingerprint density at radius 2 is 2.12 bits per heavy atom. The minimum atomic E-state index is 0.412. The summed E-state index contributed by atoms with van der Waals surface area (Å²) in [6.07, 6.45) is 1.08. The Kier molecular flexibility index (Phi) is 5.50. The summed E-state index contributed by atoms with van der Waals surface area (Å²) in [5.74, 6) is 0.576. The highest BCUT2D eigenvalue weighted by Crippen LogP contribution is 2.24. The predicted molar refractivity (Wildman–Crippen MR) is 68.6 cm³/mol. The molecule has 1 aromatic carbocycles. The quantitative estimate of drug-likeness (QED) is 0.797. The molecule has 0 fully saturated rings. The third kappa shape index (κ3) is 3.62. The van der Waals surface area contributed by atoms with Crippen LogP contribution in [0.2, 0.25) is 0 Å². The Morgan fingerprint density at radius 1 is 1.38 bits per heavy atom. The molecule has 0 aliphatic rings. The van der Waals surface area contributed by atoms with Gasteiger partial charge in [-0.15, -0.1) is 0 Å². The molecule has 1 rings (SSSR count). The SMILES string of the molecule is CNC(c1cccc(C)c1)C(C)CCOC. The Morgan fingerprint density at radius 3 is 2.69 bits per heavy atom.